The second kappa shape index (κ2) is 3.56. The standard InChI is InChI=1S/C9H10N4O2/c10-6-1-2-7(11-3-6)13-4-8(14)12-9(15)5-13/h1-3H,4-5,10H2,(H,12,14,15). The summed E-state index contributed by atoms with van der Waals surface area (Å²) in [6.07, 6.45) is 1.49. The molecule has 2 rings (SSSR count). The van der Waals surface area contributed by atoms with Gasteiger partial charge in [-0.2, -0.15) is 0 Å². The second-order valence-electron chi connectivity index (χ2n) is 3.28. The van der Waals surface area contributed by atoms with Crippen molar-refractivity contribution in [1.29, 1.82) is 0 Å². The molecule has 6 nitrogen and oxygen atoms in total. The number of rotatable bonds is 1. The van der Waals surface area contributed by atoms with Crippen LogP contribution in [0.5, 0.6) is 0 Å². The Morgan fingerprint density at radius 3 is 2.47 bits per heavy atom. The number of hydrogen-bond donors (Lipinski definition) is 2. The third kappa shape index (κ3) is 2.04. The lowest BCUT2D eigenvalue weighted by Crippen LogP contribution is -2.51. The summed E-state index contributed by atoms with van der Waals surface area (Å²) >= 11 is 0. The smallest absolute Gasteiger partial charge is 0.246 e. The molecule has 1 aromatic rings. The minimum absolute atomic E-state index is 0.142. The first-order valence-electron chi connectivity index (χ1n) is 4.44. The van der Waals surface area contributed by atoms with Crippen molar-refractivity contribution >= 4 is 23.3 Å². The van der Waals surface area contributed by atoms with Crippen LogP contribution in [-0.4, -0.2) is 29.9 Å². The van der Waals surface area contributed by atoms with Gasteiger partial charge in [0.2, 0.25) is 11.8 Å². The van der Waals surface area contributed by atoms with Crippen LogP contribution in [0.3, 0.4) is 0 Å². The van der Waals surface area contributed by atoms with E-state index < -0.39 is 0 Å². The van der Waals surface area contributed by atoms with Crippen LogP contribution in [0, 0.1) is 0 Å². The molecule has 0 aliphatic carbocycles. The molecule has 78 valence electrons. The molecule has 1 aliphatic rings. The number of anilines is 2. The van der Waals surface area contributed by atoms with Crippen LogP contribution in [0.25, 0.3) is 0 Å². The van der Waals surface area contributed by atoms with Gasteiger partial charge in [0.25, 0.3) is 0 Å². The zero-order chi connectivity index (χ0) is 10.8. The highest BCUT2D eigenvalue weighted by molar-refractivity contribution is 6.02. The van der Waals surface area contributed by atoms with Crippen molar-refractivity contribution in [3.05, 3.63) is 18.3 Å². The van der Waals surface area contributed by atoms with Gasteiger partial charge in [0, 0.05) is 0 Å². The van der Waals surface area contributed by atoms with E-state index in [1.807, 2.05) is 0 Å². The highest BCUT2D eigenvalue weighted by Gasteiger charge is 2.22. The predicted molar refractivity (Wildman–Crippen MR) is 54.0 cm³/mol. The maximum absolute atomic E-state index is 11.1. The lowest BCUT2D eigenvalue weighted by Gasteiger charge is -2.26. The molecule has 0 spiro atoms. The molecule has 0 unspecified atom stereocenters. The summed E-state index contributed by atoms with van der Waals surface area (Å²) in [6.45, 7) is 0.283. The molecule has 2 heterocycles. The number of pyridine rings is 1. The topological polar surface area (TPSA) is 88.3 Å². The maximum Gasteiger partial charge on any atom is 0.246 e. The fraction of sp³-hybridized carbons (Fsp3) is 0.222. The molecule has 6 heteroatoms. The molecule has 1 saturated heterocycles. The number of hydrogen-bond acceptors (Lipinski definition) is 5. The van der Waals surface area contributed by atoms with Gasteiger partial charge in [-0.1, -0.05) is 0 Å². The number of carbonyl (C=O) groups excluding carboxylic acids is 2. The Morgan fingerprint density at radius 2 is 1.93 bits per heavy atom. The van der Waals surface area contributed by atoms with Crippen LogP contribution in [0.15, 0.2) is 18.3 Å². The Hall–Kier alpha value is -2.11. The van der Waals surface area contributed by atoms with Crippen LogP contribution >= 0.6 is 0 Å². The second-order valence-corrected chi connectivity index (χ2v) is 3.28. The molecular formula is C9H10N4O2. The van der Waals surface area contributed by atoms with Crippen molar-refractivity contribution in [2.75, 3.05) is 23.7 Å². The monoisotopic (exact) mass is 206 g/mol. The van der Waals surface area contributed by atoms with E-state index in [1.54, 1.807) is 17.0 Å². The van der Waals surface area contributed by atoms with Crippen LogP contribution in [0.4, 0.5) is 11.5 Å². The molecule has 0 radical (unpaired) electrons. The minimum Gasteiger partial charge on any atom is -0.397 e. The molecule has 0 aromatic carbocycles. The summed E-state index contributed by atoms with van der Waals surface area (Å²) in [6, 6.07) is 3.36. The van der Waals surface area contributed by atoms with E-state index >= 15 is 0 Å². The fourth-order valence-corrected chi connectivity index (χ4v) is 1.38. The SMILES string of the molecule is Nc1ccc(N2CC(=O)NC(=O)C2)nc1. The van der Waals surface area contributed by atoms with Gasteiger partial charge in [-0.05, 0) is 12.1 Å². The number of aromatic nitrogens is 1. The Kier molecular flexibility index (Phi) is 2.24. The van der Waals surface area contributed by atoms with E-state index in [0.29, 0.717) is 11.5 Å². The van der Waals surface area contributed by atoms with Crippen molar-refractivity contribution in [2.24, 2.45) is 0 Å². The van der Waals surface area contributed by atoms with Crippen molar-refractivity contribution in [3.63, 3.8) is 0 Å². The summed E-state index contributed by atoms with van der Waals surface area (Å²) in [4.78, 5) is 27.8. The lowest BCUT2D eigenvalue weighted by atomic mass is 10.3. The van der Waals surface area contributed by atoms with Gasteiger partial charge < -0.3 is 10.6 Å². The number of nitrogens with one attached hydrogen (secondary N) is 1. The van der Waals surface area contributed by atoms with Crippen molar-refractivity contribution < 1.29 is 9.59 Å². The number of nitrogens with two attached hydrogens (primary N) is 1. The van der Waals surface area contributed by atoms with Crippen LogP contribution in [-0.2, 0) is 9.59 Å². The number of amides is 2. The van der Waals surface area contributed by atoms with Crippen molar-refractivity contribution in [1.82, 2.24) is 10.3 Å². The first-order chi connectivity index (χ1) is 7.15. The summed E-state index contributed by atoms with van der Waals surface area (Å²) in [5.41, 5.74) is 6.03. The van der Waals surface area contributed by atoms with Gasteiger partial charge in [0.05, 0.1) is 25.0 Å². The van der Waals surface area contributed by atoms with Gasteiger partial charge in [0.15, 0.2) is 0 Å². The van der Waals surface area contributed by atoms with Gasteiger partial charge in [0.1, 0.15) is 5.82 Å². The van der Waals surface area contributed by atoms with Crippen LogP contribution in [0.2, 0.25) is 0 Å². The molecule has 0 saturated carbocycles. The summed E-state index contributed by atoms with van der Waals surface area (Å²) in [5, 5.41) is 2.22. The summed E-state index contributed by atoms with van der Waals surface area (Å²) < 4.78 is 0. The zero-order valence-corrected chi connectivity index (χ0v) is 7.93. The molecule has 15 heavy (non-hydrogen) atoms. The summed E-state index contributed by atoms with van der Waals surface area (Å²) in [7, 11) is 0. The van der Waals surface area contributed by atoms with E-state index in [4.69, 9.17) is 5.73 Å². The Labute approximate surface area is 86.1 Å². The fourth-order valence-electron chi connectivity index (χ4n) is 1.38. The number of nitrogen functional groups attached to an aromatic ring is 1. The third-order valence-electron chi connectivity index (χ3n) is 2.04. The number of piperazine rings is 1. The largest absolute Gasteiger partial charge is 0.397 e. The highest BCUT2D eigenvalue weighted by atomic mass is 16.2. The van der Waals surface area contributed by atoms with Gasteiger partial charge in [-0.3, -0.25) is 14.9 Å². The number of nitrogens with zero attached hydrogens (tertiary/aromatic N) is 2. The molecule has 1 aliphatic heterocycles. The molecule has 2 amide bonds. The Morgan fingerprint density at radius 1 is 1.27 bits per heavy atom. The number of carbonyl (C=O) groups is 2. The Balaban J connectivity index is 2.19. The first kappa shape index (κ1) is 9.45. The average molecular weight is 206 g/mol. The third-order valence-corrected chi connectivity index (χ3v) is 2.04. The van der Waals surface area contributed by atoms with E-state index in [9.17, 15) is 9.59 Å². The number of imide groups is 1. The van der Waals surface area contributed by atoms with Gasteiger partial charge in [-0.25, -0.2) is 4.98 Å². The van der Waals surface area contributed by atoms with Crippen LogP contribution in [0.1, 0.15) is 0 Å². The molecule has 1 fully saturated rings. The molecule has 1 aromatic heterocycles. The minimum atomic E-state index is -0.315. The molecule has 3 N–H and O–H groups in total. The first-order valence-corrected chi connectivity index (χ1v) is 4.44. The van der Waals surface area contributed by atoms with Crippen molar-refractivity contribution in [3.8, 4) is 0 Å². The lowest BCUT2D eigenvalue weighted by molar-refractivity contribution is -0.130. The quantitative estimate of drug-likeness (QED) is 0.583. The Bertz CT molecular complexity index is 385. The van der Waals surface area contributed by atoms with Crippen molar-refractivity contribution in [2.45, 2.75) is 0 Å². The van der Waals surface area contributed by atoms with Crippen LogP contribution < -0.4 is 16.0 Å². The predicted octanol–water partition coefficient (Wildman–Crippen LogP) is -0.873. The molecular weight excluding hydrogens is 196 g/mol. The summed E-state index contributed by atoms with van der Waals surface area (Å²) in [5.74, 6) is -0.0536. The molecule has 0 atom stereocenters. The van der Waals surface area contributed by atoms with Gasteiger partial charge >= 0.3 is 0 Å². The van der Waals surface area contributed by atoms with Gasteiger partial charge in [-0.15, -0.1) is 0 Å². The maximum atomic E-state index is 11.1. The van der Waals surface area contributed by atoms with E-state index in [1.165, 1.54) is 6.20 Å². The zero-order valence-electron chi connectivity index (χ0n) is 7.93. The molecule has 0 bridgehead atoms. The van der Waals surface area contributed by atoms with E-state index in [0.717, 1.165) is 0 Å². The average Bonchev–Trinajstić information content (AvgIpc) is 2.17. The highest BCUT2D eigenvalue weighted by Crippen LogP contribution is 2.12. The normalized spacial score (nSPS) is 16.4. The van der Waals surface area contributed by atoms with E-state index in [-0.39, 0.29) is 24.9 Å². The van der Waals surface area contributed by atoms with E-state index in [2.05, 4.69) is 10.3 Å².